The topological polar surface area (TPSA) is 75.8 Å². The lowest BCUT2D eigenvalue weighted by Crippen LogP contribution is -2.17. The predicted molar refractivity (Wildman–Crippen MR) is 144 cm³/mol. The first-order valence-electron chi connectivity index (χ1n) is 11.7. The number of carbonyl (C=O) groups excluding carboxylic acids is 1. The quantitative estimate of drug-likeness (QED) is 0.443. The van der Waals surface area contributed by atoms with Crippen LogP contribution in [0, 0.1) is 0 Å². The first-order valence-corrected chi connectivity index (χ1v) is 13.2. The summed E-state index contributed by atoms with van der Waals surface area (Å²) in [5.41, 5.74) is 6.31. The molecule has 0 saturated heterocycles. The van der Waals surface area contributed by atoms with Crippen LogP contribution in [-0.2, 0) is 27.7 Å². The first kappa shape index (κ1) is 27.7. The summed E-state index contributed by atoms with van der Waals surface area (Å²) in [5.74, 6) is -0.0688. The van der Waals surface area contributed by atoms with Gasteiger partial charge in [0.05, 0.1) is 11.3 Å². The zero-order valence-electron chi connectivity index (χ0n) is 21.6. The molecule has 2 N–H and O–H groups in total. The predicted octanol–water partition coefficient (Wildman–Crippen LogP) is 6.05. The summed E-state index contributed by atoms with van der Waals surface area (Å²) in [6, 6.07) is 11.4. The Morgan fingerprint density at radius 3 is 2.03 bits per heavy atom. The Kier molecular flexibility index (Phi) is 9.56. The van der Waals surface area contributed by atoms with Gasteiger partial charge in [0.25, 0.3) is 5.91 Å². The molecule has 0 aliphatic rings. The molecule has 5 nitrogen and oxygen atoms in total. The molecule has 6 heteroatoms. The molecule has 2 aromatic carbocycles. The van der Waals surface area contributed by atoms with Crippen molar-refractivity contribution in [3.8, 4) is 0 Å². The summed E-state index contributed by atoms with van der Waals surface area (Å²) < 4.78 is 17.1. The van der Waals surface area contributed by atoms with Crippen LogP contribution in [0.1, 0.15) is 74.3 Å². The van der Waals surface area contributed by atoms with Gasteiger partial charge in [-0.2, -0.15) is 0 Å². The molecular weight excluding hydrogens is 442 g/mol. The lowest BCUT2D eigenvalue weighted by atomic mass is 9.84. The summed E-state index contributed by atoms with van der Waals surface area (Å²) in [7, 11) is 0.629. The molecule has 1 unspecified atom stereocenters. The maximum absolute atomic E-state index is 13.1. The van der Waals surface area contributed by atoms with Crippen LogP contribution >= 0.6 is 0 Å². The monoisotopic (exact) mass is 481 g/mol. The van der Waals surface area contributed by atoms with E-state index in [1.807, 2.05) is 50.2 Å². The van der Waals surface area contributed by atoms with Gasteiger partial charge in [0.1, 0.15) is 9.92 Å². The molecule has 2 aromatic rings. The summed E-state index contributed by atoms with van der Waals surface area (Å²) in [6.45, 7) is 15.1. The highest BCUT2D eigenvalue weighted by molar-refractivity contribution is 7.91. The summed E-state index contributed by atoms with van der Waals surface area (Å²) in [6.07, 6.45) is 3.94. The third-order valence-electron chi connectivity index (χ3n) is 5.75. The Hall–Kier alpha value is -2.54. The van der Waals surface area contributed by atoms with Crippen molar-refractivity contribution in [1.29, 1.82) is 0 Å². The minimum Gasteiger partial charge on any atom is -0.305 e. The molecule has 0 bridgehead atoms. The lowest BCUT2D eigenvalue weighted by Gasteiger charge is -2.21. The van der Waals surface area contributed by atoms with Crippen molar-refractivity contribution in [2.24, 2.45) is 9.50 Å². The second-order valence-electron chi connectivity index (χ2n) is 9.50. The van der Waals surface area contributed by atoms with Crippen molar-refractivity contribution >= 4 is 21.4 Å². The Labute approximate surface area is 206 Å². The average Bonchev–Trinajstić information content (AvgIpc) is 2.74. The molecule has 1 amide bonds. The molecule has 0 aromatic heterocycles. The van der Waals surface area contributed by atoms with Gasteiger partial charge in [0.15, 0.2) is 0 Å². The molecule has 0 heterocycles. The minimum absolute atomic E-state index is 0.0630. The molecule has 184 valence electrons. The van der Waals surface area contributed by atoms with Crippen LogP contribution < -0.4 is 5.14 Å². The van der Waals surface area contributed by atoms with E-state index in [0.717, 1.165) is 39.9 Å². The van der Waals surface area contributed by atoms with Crippen molar-refractivity contribution < 1.29 is 9.00 Å². The molecule has 0 fully saturated rings. The van der Waals surface area contributed by atoms with Crippen LogP contribution in [0.2, 0.25) is 0 Å². The highest BCUT2D eigenvalue weighted by Crippen LogP contribution is 2.33. The van der Waals surface area contributed by atoms with Crippen LogP contribution in [0.15, 0.2) is 64.4 Å². The van der Waals surface area contributed by atoms with Crippen molar-refractivity contribution in [2.45, 2.75) is 64.3 Å². The molecule has 2 rings (SSSR count). The van der Waals surface area contributed by atoms with E-state index in [4.69, 9.17) is 5.14 Å². The molecule has 0 radical (unpaired) electrons. The van der Waals surface area contributed by atoms with Gasteiger partial charge in [-0.05, 0) is 78.4 Å². The second kappa shape index (κ2) is 11.7. The van der Waals surface area contributed by atoms with Crippen molar-refractivity contribution in [1.82, 2.24) is 4.90 Å². The van der Waals surface area contributed by atoms with Gasteiger partial charge in [-0.15, -0.1) is 4.36 Å². The Bertz CT molecular complexity index is 1150. The fraction of sp³-hybridized carbons (Fsp3) is 0.393. The minimum atomic E-state index is -3.33. The lowest BCUT2D eigenvalue weighted by molar-refractivity contribution is -0.117. The molecular formula is C28H39N3O2S. The fourth-order valence-electron chi connectivity index (χ4n) is 4.06. The molecule has 0 saturated carbocycles. The van der Waals surface area contributed by atoms with E-state index in [0.29, 0.717) is 4.90 Å². The van der Waals surface area contributed by atoms with E-state index >= 15 is 0 Å². The third kappa shape index (κ3) is 6.98. The van der Waals surface area contributed by atoms with Crippen LogP contribution in [-0.4, -0.2) is 29.1 Å². The zero-order chi connectivity index (χ0) is 25.6. The van der Waals surface area contributed by atoms with Crippen molar-refractivity contribution in [3.05, 3.63) is 82.9 Å². The van der Waals surface area contributed by atoms with Gasteiger partial charge in [-0.3, -0.25) is 4.79 Å². The van der Waals surface area contributed by atoms with Crippen molar-refractivity contribution in [2.75, 3.05) is 14.1 Å². The first-order chi connectivity index (χ1) is 15.9. The Morgan fingerprint density at radius 1 is 1.09 bits per heavy atom. The maximum atomic E-state index is 13.1. The SMILES string of the molecule is C=C/C(=C\C)c1cc(C(C)C)c(CC(=O)N=S(N)(=O)c2ccc(CN(C)C)cc2)c(C(C)C)c1. The molecule has 0 spiro atoms. The average molecular weight is 482 g/mol. The standard InChI is InChI=1S/C28H39N3O2S/c1-9-22(10-2)23-15-25(19(3)4)27(26(16-23)20(5)6)17-28(32)30-34(29,33)24-13-11-21(12-14-24)18-31(7)8/h9-16,19-20H,1,17-18H2,2-8H3,(H2,29,30,32,33)/b22-10+. The number of hydrogen-bond acceptors (Lipinski definition) is 3. The van der Waals surface area contributed by atoms with Crippen LogP contribution in [0.25, 0.3) is 5.57 Å². The highest BCUT2D eigenvalue weighted by Gasteiger charge is 2.20. The van der Waals surface area contributed by atoms with E-state index in [-0.39, 0.29) is 18.3 Å². The molecule has 1 atom stereocenters. The fourth-order valence-corrected chi connectivity index (χ4v) is 5.06. The van der Waals surface area contributed by atoms with Crippen LogP contribution in [0.4, 0.5) is 0 Å². The Balaban J connectivity index is 2.48. The summed E-state index contributed by atoms with van der Waals surface area (Å²) in [5, 5.41) is 6.05. The van der Waals surface area contributed by atoms with E-state index < -0.39 is 15.8 Å². The zero-order valence-corrected chi connectivity index (χ0v) is 22.4. The van der Waals surface area contributed by atoms with Gasteiger partial charge < -0.3 is 4.90 Å². The number of nitrogens with zero attached hydrogens (tertiary/aromatic N) is 2. The molecule has 0 aliphatic carbocycles. The van der Waals surface area contributed by atoms with Gasteiger partial charge in [0, 0.05) is 6.54 Å². The molecule has 0 aliphatic heterocycles. The van der Waals surface area contributed by atoms with Crippen LogP contribution in [0.3, 0.4) is 0 Å². The van der Waals surface area contributed by atoms with Crippen LogP contribution in [0.5, 0.6) is 0 Å². The van der Waals surface area contributed by atoms with E-state index in [1.165, 1.54) is 0 Å². The molecule has 34 heavy (non-hydrogen) atoms. The van der Waals surface area contributed by atoms with Gasteiger partial charge in [0.2, 0.25) is 0 Å². The number of carbonyl (C=O) groups is 1. The number of allylic oxidation sites excluding steroid dienone is 3. The summed E-state index contributed by atoms with van der Waals surface area (Å²) in [4.78, 5) is 15.4. The Morgan fingerprint density at radius 2 is 1.62 bits per heavy atom. The number of amides is 1. The van der Waals surface area contributed by atoms with Gasteiger partial charge in [-0.1, -0.05) is 70.7 Å². The number of benzene rings is 2. The third-order valence-corrected chi connectivity index (χ3v) is 7.17. The van der Waals surface area contributed by atoms with Gasteiger partial charge in [-0.25, -0.2) is 9.35 Å². The number of rotatable bonds is 9. The number of nitrogens with two attached hydrogens (primary N) is 1. The largest absolute Gasteiger partial charge is 0.305 e. The van der Waals surface area contributed by atoms with E-state index in [2.05, 4.69) is 50.8 Å². The van der Waals surface area contributed by atoms with Crippen molar-refractivity contribution in [3.63, 3.8) is 0 Å². The highest BCUT2D eigenvalue weighted by atomic mass is 32.2. The second-order valence-corrected chi connectivity index (χ2v) is 11.3. The number of hydrogen-bond donors (Lipinski definition) is 1. The van der Waals surface area contributed by atoms with Gasteiger partial charge >= 0.3 is 0 Å². The smallest absolute Gasteiger partial charge is 0.259 e. The van der Waals surface area contributed by atoms with E-state index in [9.17, 15) is 9.00 Å². The van der Waals surface area contributed by atoms with E-state index in [1.54, 1.807) is 12.1 Å². The maximum Gasteiger partial charge on any atom is 0.259 e. The summed E-state index contributed by atoms with van der Waals surface area (Å²) >= 11 is 0. The normalized spacial score (nSPS) is 13.9.